The first kappa shape index (κ1) is 12.9. The van der Waals surface area contributed by atoms with E-state index in [9.17, 15) is 9.90 Å². The van der Waals surface area contributed by atoms with Gasteiger partial charge in [0.15, 0.2) is 0 Å². The molecule has 0 aromatic carbocycles. The lowest BCUT2D eigenvalue weighted by Crippen LogP contribution is -2.38. The minimum Gasteiger partial charge on any atom is -0.478 e. The molecule has 0 radical (unpaired) electrons. The van der Waals surface area contributed by atoms with Gasteiger partial charge in [0.2, 0.25) is 0 Å². The normalized spacial score (nSPS) is 18.7. The van der Waals surface area contributed by atoms with E-state index < -0.39 is 5.97 Å². The Labute approximate surface area is 108 Å². The van der Waals surface area contributed by atoms with Crippen molar-refractivity contribution < 1.29 is 9.90 Å². The molecule has 0 spiro atoms. The first-order chi connectivity index (χ1) is 8.39. The van der Waals surface area contributed by atoms with Crippen LogP contribution in [0.4, 0.5) is 5.69 Å². The average molecular weight is 248 g/mol. The van der Waals surface area contributed by atoms with Crippen molar-refractivity contribution in [1.29, 1.82) is 0 Å². The van der Waals surface area contributed by atoms with Crippen molar-refractivity contribution in [3.8, 4) is 0 Å². The Morgan fingerprint density at radius 3 is 2.56 bits per heavy atom. The summed E-state index contributed by atoms with van der Waals surface area (Å²) in [5.74, 6) is -0.901. The van der Waals surface area contributed by atoms with Crippen LogP contribution in [-0.2, 0) is 0 Å². The van der Waals surface area contributed by atoms with Gasteiger partial charge in [-0.1, -0.05) is 13.8 Å². The van der Waals surface area contributed by atoms with Crippen LogP contribution < -0.4 is 4.90 Å². The lowest BCUT2D eigenvalue weighted by molar-refractivity contribution is 0.0697. The smallest absolute Gasteiger partial charge is 0.339 e. The second-order valence-electron chi connectivity index (χ2n) is 5.80. The maximum Gasteiger partial charge on any atom is 0.339 e. The number of nitrogens with zero attached hydrogens (tertiary/aromatic N) is 2. The van der Waals surface area contributed by atoms with Crippen molar-refractivity contribution in [2.75, 3.05) is 18.0 Å². The Morgan fingerprint density at radius 1 is 1.39 bits per heavy atom. The zero-order valence-corrected chi connectivity index (χ0v) is 11.2. The lowest BCUT2D eigenvalue weighted by Gasteiger charge is -2.38. The van der Waals surface area contributed by atoms with Crippen molar-refractivity contribution in [1.82, 2.24) is 4.98 Å². The third kappa shape index (κ3) is 2.63. The van der Waals surface area contributed by atoms with Crippen LogP contribution in [-0.4, -0.2) is 29.1 Å². The fourth-order valence-electron chi connectivity index (χ4n) is 2.32. The predicted octanol–water partition coefficient (Wildman–Crippen LogP) is 2.71. The molecular weight excluding hydrogens is 228 g/mol. The summed E-state index contributed by atoms with van der Waals surface area (Å²) in [6, 6.07) is 1.88. The molecule has 0 atom stereocenters. The molecule has 0 saturated carbocycles. The fourth-order valence-corrected chi connectivity index (χ4v) is 2.32. The highest BCUT2D eigenvalue weighted by Gasteiger charge is 2.27. The number of anilines is 1. The van der Waals surface area contributed by atoms with E-state index in [1.54, 1.807) is 0 Å². The number of carbonyl (C=O) groups is 1. The van der Waals surface area contributed by atoms with Crippen LogP contribution in [0.2, 0.25) is 0 Å². The molecule has 1 aromatic heterocycles. The van der Waals surface area contributed by atoms with Crippen LogP contribution >= 0.6 is 0 Å². The molecule has 1 aliphatic heterocycles. The van der Waals surface area contributed by atoms with Crippen molar-refractivity contribution in [3.05, 3.63) is 23.5 Å². The molecule has 2 heterocycles. The minimum absolute atomic E-state index is 0.306. The van der Waals surface area contributed by atoms with Crippen molar-refractivity contribution in [2.24, 2.45) is 5.41 Å². The number of rotatable bonds is 2. The molecule has 1 fully saturated rings. The third-order valence-corrected chi connectivity index (χ3v) is 3.71. The van der Waals surface area contributed by atoms with Gasteiger partial charge in [-0.25, -0.2) is 4.79 Å². The lowest BCUT2D eigenvalue weighted by atomic mass is 9.82. The second kappa shape index (κ2) is 4.59. The van der Waals surface area contributed by atoms with Crippen molar-refractivity contribution in [3.63, 3.8) is 0 Å². The fraction of sp³-hybridized carbons (Fsp3) is 0.571. The van der Waals surface area contributed by atoms with Crippen LogP contribution in [0.15, 0.2) is 12.3 Å². The Morgan fingerprint density at radius 2 is 2.00 bits per heavy atom. The monoisotopic (exact) mass is 248 g/mol. The van der Waals surface area contributed by atoms with E-state index in [-0.39, 0.29) is 0 Å². The number of aromatic nitrogens is 1. The van der Waals surface area contributed by atoms with Gasteiger partial charge < -0.3 is 10.0 Å². The topological polar surface area (TPSA) is 53.4 Å². The summed E-state index contributed by atoms with van der Waals surface area (Å²) in [5, 5.41) is 9.22. The molecule has 0 bridgehead atoms. The second-order valence-corrected chi connectivity index (χ2v) is 5.80. The van der Waals surface area contributed by atoms with Gasteiger partial charge in [-0.05, 0) is 31.2 Å². The first-order valence-corrected chi connectivity index (χ1v) is 6.34. The van der Waals surface area contributed by atoms with Gasteiger partial charge in [0, 0.05) is 25.0 Å². The molecule has 4 nitrogen and oxygen atoms in total. The number of hydrogen-bond acceptors (Lipinski definition) is 3. The molecule has 4 heteroatoms. The van der Waals surface area contributed by atoms with Gasteiger partial charge in [0.1, 0.15) is 5.56 Å². The zero-order valence-electron chi connectivity index (χ0n) is 11.2. The zero-order chi connectivity index (χ0) is 13.3. The molecular formula is C14H20N2O2. The van der Waals surface area contributed by atoms with Crippen molar-refractivity contribution >= 4 is 11.7 Å². The third-order valence-electron chi connectivity index (χ3n) is 3.71. The SMILES string of the molecule is Cc1cc(N2CCC(C)(C)CC2)c(C(=O)O)cn1. The molecule has 98 valence electrons. The number of carboxylic acids is 1. The number of piperidine rings is 1. The van der Waals surface area contributed by atoms with E-state index in [0.29, 0.717) is 11.0 Å². The standard InChI is InChI=1S/C14H20N2O2/c1-10-8-12(11(9-15-10)13(17)18)16-6-4-14(2,3)5-7-16/h8-9H,4-7H2,1-3H3,(H,17,18). The van der Waals surface area contributed by atoms with E-state index >= 15 is 0 Å². The number of pyridine rings is 1. The summed E-state index contributed by atoms with van der Waals surface area (Å²) in [5.41, 5.74) is 2.34. The van der Waals surface area contributed by atoms with E-state index in [1.807, 2.05) is 13.0 Å². The minimum atomic E-state index is -0.901. The summed E-state index contributed by atoms with van der Waals surface area (Å²) in [6.07, 6.45) is 3.65. The van der Waals surface area contributed by atoms with Gasteiger partial charge in [-0.15, -0.1) is 0 Å². The number of aryl methyl sites for hydroxylation is 1. The number of aromatic carboxylic acids is 1. The van der Waals surface area contributed by atoms with Crippen LogP contribution in [0.1, 0.15) is 42.7 Å². The highest BCUT2D eigenvalue weighted by molar-refractivity contribution is 5.94. The van der Waals surface area contributed by atoms with Gasteiger partial charge in [-0.2, -0.15) is 0 Å². The summed E-state index contributed by atoms with van der Waals surface area (Å²) in [6.45, 7) is 8.25. The Balaban J connectivity index is 2.28. The predicted molar refractivity (Wildman–Crippen MR) is 71.2 cm³/mol. The summed E-state index contributed by atoms with van der Waals surface area (Å²) in [4.78, 5) is 17.5. The quantitative estimate of drug-likeness (QED) is 0.874. The Hall–Kier alpha value is -1.58. The largest absolute Gasteiger partial charge is 0.478 e. The molecule has 2 rings (SSSR count). The molecule has 1 saturated heterocycles. The highest BCUT2D eigenvalue weighted by atomic mass is 16.4. The van der Waals surface area contributed by atoms with E-state index in [4.69, 9.17) is 0 Å². The molecule has 0 amide bonds. The van der Waals surface area contributed by atoms with E-state index in [2.05, 4.69) is 23.7 Å². The van der Waals surface area contributed by atoms with E-state index in [1.165, 1.54) is 6.20 Å². The van der Waals surface area contributed by atoms with Gasteiger partial charge >= 0.3 is 5.97 Å². The van der Waals surface area contributed by atoms with Crippen molar-refractivity contribution in [2.45, 2.75) is 33.6 Å². The Bertz CT molecular complexity index is 459. The summed E-state index contributed by atoms with van der Waals surface area (Å²) < 4.78 is 0. The Kier molecular flexibility index (Phi) is 3.28. The molecule has 1 aliphatic rings. The van der Waals surface area contributed by atoms with Gasteiger partial charge in [-0.3, -0.25) is 4.98 Å². The molecule has 1 N–H and O–H groups in total. The molecule has 18 heavy (non-hydrogen) atoms. The number of carboxylic acid groups (broad SMARTS) is 1. The summed E-state index contributed by atoms with van der Waals surface area (Å²) >= 11 is 0. The van der Waals surface area contributed by atoms with Crippen LogP contribution in [0, 0.1) is 12.3 Å². The highest BCUT2D eigenvalue weighted by Crippen LogP contribution is 2.33. The van der Waals surface area contributed by atoms with Gasteiger partial charge in [0.25, 0.3) is 0 Å². The molecule has 0 unspecified atom stereocenters. The summed E-state index contributed by atoms with van der Waals surface area (Å²) in [7, 11) is 0. The van der Waals surface area contributed by atoms with Crippen LogP contribution in [0.5, 0.6) is 0 Å². The van der Waals surface area contributed by atoms with Gasteiger partial charge in [0.05, 0.1) is 5.69 Å². The molecule has 1 aromatic rings. The van der Waals surface area contributed by atoms with Crippen LogP contribution in [0.25, 0.3) is 0 Å². The number of hydrogen-bond donors (Lipinski definition) is 1. The average Bonchev–Trinajstić information content (AvgIpc) is 2.28. The maximum absolute atomic E-state index is 11.2. The molecule has 0 aliphatic carbocycles. The van der Waals surface area contributed by atoms with Crippen LogP contribution in [0.3, 0.4) is 0 Å². The first-order valence-electron chi connectivity index (χ1n) is 6.34. The maximum atomic E-state index is 11.2. The van der Waals surface area contributed by atoms with E-state index in [0.717, 1.165) is 37.3 Å².